The third-order valence-electron chi connectivity index (χ3n) is 0.703. The number of rotatable bonds is 4. The van der Waals surface area contributed by atoms with Crippen molar-refractivity contribution in [3.05, 3.63) is 0 Å². The number of carbonyl (C=O) groups excluding carboxylic acids is 2. The van der Waals surface area contributed by atoms with Crippen LogP contribution in [0.1, 0.15) is 19.3 Å². The van der Waals surface area contributed by atoms with Gasteiger partial charge in [0.15, 0.2) is 0 Å². The first kappa shape index (κ1) is 7.14. The second-order valence-electron chi connectivity index (χ2n) is 1.43. The lowest BCUT2D eigenvalue weighted by Crippen LogP contribution is -2.21. The Morgan fingerprint density at radius 1 is 1.62 bits per heavy atom. The minimum Gasteiger partial charge on any atom is -0.550 e. The average Bonchev–Trinajstić information content (AvgIpc) is 1.66. The first-order valence-corrected chi connectivity index (χ1v) is 2.41. The first-order chi connectivity index (χ1) is 3.77. The number of aliphatic carboxylic acids is 1. The molecule has 0 aliphatic rings. The molecular weight excluding hydrogens is 108 g/mol. The number of hydrogen-bond donors (Lipinski definition) is 0. The van der Waals surface area contributed by atoms with E-state index in [0.717, 1.165) is 0 Å². The molecule has 0 bridgehead atoms. The summed E-state index contributed by atoms with van der Waals surface area (Å²) < 4.78 is 0. The van der Waals surface area contributed by atoms with Crippen LogP contribution in [0.25, 0.3) is 0 Å². The molecule has 0 spiro atoms. The molecule has 0 aliphatic carbocycles. The third kappa shape index (κ3) is 5.14. The third-order valence-corrected chi connectivity index (χ3v) is 0.703. The van der Waals surface area contributed by atoms with Crippen LogP contribution in [0.3, 0.4) is 0 Å². The van der Waals surface area contributed by atoms with Gasteiger partial charge in [-0.3, -0.25) is 0 Å². The number of hydrogen-bond acceptors (Lipinski definition) is 3. The summed E-state index contributed by atoms with van der Waals surface area (Å²) in [4.78, 5) is 19.2. The summed E-state index contributed by atoms with van der Waals surface area (Å²) in [7, 11) is 0. The van der Waals surface area contributed by atoms with Gasteiger partial charge in [0.1, 0.15) is 6.29 Å². The van der Waals surface area contributed by atoms with E-state index < -0.39 is 5.97 Å². The Kier molecular flexibility index (Phi) is 3.84. The van der Waals surface area contributed by atoms with Crippen LogP contribution < -0.4 is 5.11 Å². The molecule has 0 saturated carbocycles. The highest BCUT2D eigenvalue weighted by atomic mass is 16.4. The van der Waals surface area contributed by atoms with Gasteiger partial charge in [0.2, 0.25) is 0 Å². The van der Waals surface area contributed by atoms with E-state index in [1.54, 1.807) is 0 Å². The minimum absolute atomic E-state index is 0.0151. The topological polar surface area (TPSA) is 57.2 Å². The Balaban J connectivity index is 2.93. The van der Waals surface area contributed by atoms with E-state index in [1.165, 1.54) is 0 Å². The van der Waals surface area contributed by atoms with Crippen LogP contribution >= 0.6 is 0 Å². The van der Waals surface area contributed by atoms with E-state index in [2.05, 4.69) is 0 Å². The molecule has 3 heteroatoms. The molecule has 3 nitrogen and oxygen atoms in total. The van der Waals surface area contributed by atoms with Crippen molar-refractivity contribution in [3.8, 4) is 0 Å². The normalized spacial score (nSPS) is 8.50. The first-order valence-electron chi connectivity index (χ1n) is 2.41. The summed E-state index contributed by atoms with van der Waals surface area (Å²) in [6.45, 7) is 0. The molecule has 0 unspecified atom stereocenters. The molecule has 0 aromatic carbocycles. The van der Waals surface area contributed by atoms with E-state index in [-0.39, 0.29) is 6.42 Å². The summed E-state index contributed by atoms with van der Waals surface area (Å²) in [5.41, 5.74) is 0. The predicted molar refractivity (Wildman–Crippen MR) is 24.9 cm³/mol. The van der Waals surface area contributed by atoms with Crippen molar-refractivity contribution in [2.45, 2.75) is 19.3 Å². The standard InChI is InChI=1S/C5H8O3/c6-4-2-1-3-5(7)8/h4H,1-3H2,(H,7,8)/p-1. The molecule has 0 heterocycles. The van der Waals surface area contributed by atoms with Crippen LogP contribution in [0.4, 0.5) is 0 Å². The molecule has 0 fully saturated rings. The number of carboxylic acid groups (broad SMARTS) is 1. The minimum atomic E-state index is -1.09. The van der Waals surface area contributed by atoms with Gasteiger partial charge >= 0.3 is 0 Å². The molecule has 0 saturated heterocycles. The van der Waals surface area contributed by atoms with Crippen LogP contribution in [0.2, 0.25) is 0 Å². The lowest BCUT2D eigenvalue weighted by Gasteiger charge is -1.95. The van der Waals surface area contributed by atoms with Gasteiger partial charge in [0, 0.05) is 12.4 Å². The summed E-state index contributed by atoms with van der Waals surface area (Å²) in [6.07, 6.45) is 1.39. The average molecular weight is 115 g/mol. The SMILES string of the molecule is O=CCCCC(=O)[O-]. The van der Waals surface area contributed by atoms with Gasteiger partial charge in [0.25, 0.3) is 0 Å². The maximum absolute atomic E-state index is 9.65. The molecule has 0 aromatic rings. The number of carbonyl (C=O) groups is 2. The van der Waals surface area contributed by atoms with E-state index in [9.17, 15) is 14.7 Å². The van der Waals surface area contributed by atoms with E-state index in [0.29, 0.717) is 19.1 Å². The molecule has 0 aliphatic heterocycles. The zero-order chi connectivity index (χ0) is 6.41. The van der Waals surface area contributed by atoms with Gasteiger partial charge in [-0.1, -0.05) is 0 Å². The zero-order valence-corrected chi connectivity index (χ0v) is 4.42. The Morgan fingerprint density at radius 3 is 2.62 bits per heavy atom. The summed E-state index contributed by atoms with van der Waals surface area (Å²) in [5, 5.41) is 9.65. The van der Waals surface area contributed by atoms with Crippen molar-refractivity contribution in [2.75, 3.05) is 0 Å². The van der Waals surface area contributed by atoms with Crippen molar-refractivity contribution in [1.82, 2.24) is 0 Å². The van der Waals surface area contributed by atoms with Crippen LogP contribution in [0.5, 0.6) is 0 Å². The molecule has 46 valence electrons. The van der Waals surface area contributed by atoms with E-state index in [4.69, 9.17) is 0 Å². The quantitative estimate of drug-likeness (QED) is 0.352. The van der Waals surface area contributed by atoms with Crippen molar-refractivity contribution >= 4 is 12.3 Å². The van der Waals surface area contributed by atoms with Crippen LogP contribution in [0.15, 0.2) is 0 Å². The smallest absolute Gasteiger partial charge is 0.120 e. The van der Waals surface area contributed by atoms with Crippen LogP contribution in [-0.2, 0) is 9.59 Å². The highest BCUT2D eigenvalue weighted by molar-refractivity contribution is 5.64. The molecule has 0 N–H and O–H groups in total. The molecular formula is C5H7O3-. The van der Waals surface area contributed by atoms with Crippen molar-refractivity contribution in [2.24, 2.45) is 0 Å². The maximum Gasteiger partial charge on any atom is 0.120 e. The molecule has 0 amide bonds. The van der Waals surface area contributed by atoms with Crippen molar-refractivity contribution < 1.29 is 14.7 Å². The molecule has 0 rings (SSSR count). The largest absolute Gasteiger partial charge is 0.550 e. The van der Waals surface area contributed by atoms with E-state index >= 15 is 0 Å². The van der Waals surface area contributed by atoms with Crippen molar-refractivity contribution in [1.29, 1.82) is 0 Å². The molecule has 0 atom stereocenters. The number of unbranched alkanes of at least 4 members (excludes halogenated alkanes) is 1. The number of carboxylic acids is 1. The molecule has 8 heavy (non-hydrogen) atoms. The van der Waals surface area contributed by atoms with Gasteiger partial charge in [-0.05, 0) is 12.8 Å². The Morgan fingerprint density at radius 2 is 2.25 bits per heavy atom. The second-order valence-corrected chi connectivity index (χ2v) is 1.43. The predicted octanol–water partition coefficient (Wildman–Crippen LogP) is -0.895. The Hall–Kier alpha value is -0.860. The second kappa shape index (κ2) is 4.30. The fourth-order valence-corrected chi connectivity index (χ4v) is 0.330. The highest BCUT2D eigenvalue weighted by Crippen LogP contribution is 1.88. The van der Waals surface area contributed by atoms with Gasteiger partial charge < -0.3 is 14.7 Å². The van der Waals surface area contributed by atoms with Crippen LogP contribution in [-0.4, -0.2) is 12.3 Å². The molecule has 0 aromatic heterocycles. The highest BCUT2D eigenvalue weighted by Gasteiger charge is 1.84. The van der Waals surface area contributed by atoms with Gasteiger partial charge in [-0.2, -0.15) is 0 Å². The van der Waals surface area contributed by atoms with E-state index in [1.807, 2.05) is 0 Å². The van der Waals surface area contributed by atoms with Gasteiger partial charge in [-0.25, -0.2) is 0 Å². The zero-order valence-electron chi connectivity index (χ0n) is 4.42. The van der Waals surface area contributed by atoms with Gasteiger partial charge in [-0.15, -0.1) is 0 Å². The maximum atomic E-state index is 9.65. The fraction of sp³-hybridized carbons (Fsp3) is 0.600. The van der Waals surface area contributed by atoms with Crippen LogP contribution in [0, 0.1) is 0 Å². The summed E-state index contributed by atoms with van der Waals surface area (Å²) in [6, 6.07) is 0. The Labute approximate surface area is 47.3 Å². The molecule has 0 radical (unpaired) electrons. The fourth-order valence-electron chi connectivity index (χ4n) is 0.330. The summed E-state index contributed by atoms with van der Waals surface area (Å²) >= 11 is 0. The monoisotopic (exact) mass is 115 g/mol. The summed E-state index contributed by atoms with van der Waals surface area (Å²) in [5.74, 6) is -1.09. The van der Waals surface area contributed by atoms with Crippen molar-refractivity contribution in [3.63, 3.8) is 0 Å². The Bertz CT molecular complexity index is 87.7. The number of aldehydes is 1. The lowest BCUT2D eigenvalue weighted by atomic mass is 10.2. The lowest BCUT2D eigenvalue weighted by molar-refractivity contribution is -0.305. The van der Waals surface area contributed by atoms with Gasteiger partial charge in [0.05, 0.1) is 0 Å².